The second kappa shape index (κ2) is 10.1. The van der Waals surface area contributed by atoms with Gasteiger partial charge in [0.05, 0.1) is 18.7 Å². The van der Waals surface area contributed by atoms with E-state index in [1.165, 1.54) is 6.33 Å². The quantitative estimate of drug-likeness (QED) is 0.331. The van der Waals surface area contributed by atoms with Crippen molar-refractivity contribution >= 4 is 17.2 Å². The maximum Gasteiger partial charge on any atom is 0.408 e. The van der Waals surface area contributed by atoms with Crippen molar-refractivity contribution in [3.63, 3.8) is 0 Å². The number of methoxy groups -OCH3 is 1. The van der Waals surface area contributed by atoms with Gasteiger partial charge in [-0.25, -0.2) is 9.78 Å². The van der Waals surface area contributed by atoms with Gasteiger partial charge in [-0.05, 0) is 51.2 Å². The molecule has 8 heteroatoms. The summed E-state index contributed by atoms with van der Waals surface area (Å²) in [7, 11) is 1.60. The van der Waals surface area contributed by atoms with Gasteiger partial charge in [0, 0.05) is 18.2 Å². The molecule has 1 N–H and O–H groups in total. The molecule has 1 fully saturated rings. The first-order chi connectivity index (χ1) is 18.2. The summed E-state index contributed by atoms with van der Waals surface area (Å²) >= 11 is 0. The number of aromatic nitrogens is 2. The van der Waals surface area contributed by atoms with Crippen molar-refractivity contribution in [2.75, 3.05) is 13.7 Å². The zero-order valence-electron chi connectivity index (χ0n) is 22.2. The molecule has 4 aromatic rings. The summed E-state index contributed by atoms with van der Waals surface area (Å²) in [6, 6.07) is 17.7. The molecule has 2 aromatic carbocycles. The molecule has 0 radical (unpaired) electrons. The normalized spacial score (nSPS) is 14.7. The molecule has 0 saturated heterocycles. The highest BCUT2D eigenvalue weighted by atomic mass is 16.6. The standard InChI is InChI=1S/C30H33N3O5/c1-29(2,3)38-28(35)32-30(15-8-16-30)22-13-11-21(12-14-22)25-23(20-9-6-5-7-10-20)24-26(37-25)31-19-33(27(24)34)17-18-36-4/h5-7,9-14,19H,8,15-18H2,1-4H3,(H,32,35). The molecule has 1 saturated carbocycles. The number of carbonyl (C=O) groups excluding carboxylic acids is 1. The van der Waals surface area contributed by atoms with Gasteiger partial charge in [-0.1, -0.05) is 54.6 Å². The number of fused-ring (bicyclic) bond motifs is 1. The highest BCUT2D eigenvalue weighted by Crippen LogP contribution is 2.43. The molecular formula is C30H33N3O5. The van der Waals surface area contributed by atoms with Crippen molar-refractivity contribution in [1.29, 1.82) is 0 Å². The van der Waals surface area contributed by atoms with E-state index in [2.05, 4.69) is 10.3 Å². The van der Waals surface area contributed by atoms with E-state index < -0.39 is 17.2 Å². The van der Waals surface area contributed by atoms with Crippen LogP contribution in [0.1, 0.15) is 45.6 Å². The lowest BCUT2D eigenvalue weighted by Crippen LogP contribution is -2.52. The minimum absolute atomic E-state index is 0.174. The fourth-order valence-electron chi connectivity index (χ4n) is 4.91. The van der Waals surface area contributed by atoms with E-state index in [-0.39, 0.29) is 5.56 Å². The van der Waals surface area contributed by atoms with Gasteiger partial charge in [0.1, 0.15) is 23.1 Å². The van der Waals surface area contributed by atoms with Crippen LogP contribution in [0, 0.1) is 0 Å². The Morgan fingerprint density at radius 1 is 1.08 bits per heavy atom. The number of furan rings is 1. The predicted molar refractivity (Wildman–Crippen MR) is 146 cm³/mol. The van der Waals surface area contributed by atoms with Crippen molar-refractivity contribution in [1.82, 2.24) is 14.9 Å². The van der Waals surface area contributed by atoms with Crippen LogP contribution >= 0.6 is 0 Å². The van der Waals surface area contributed by atoms with Crippen LogP contribution in [0.2, 0.25) is 0 Å². The van der Waals surface area contributed by atoms with E-state index in [4.69, 9.17) is 13.9 Å². The molecule has 0 bridgehead atoms. The summed E-state index contributed by atoms with van der Waals surface area (Å²) in [5, 5.41) is 3.54. The number of carbonyl (C=O) groups is 1. The summed E-state index contributed by atoms with van der Waals surface area (Å²) in [5.41, 5.74) is 2.52. The maximum atomic E-state index is 13.5. The lowest BCUT2D eigenvalue weighted by Gasteiger charge is -2.43. The molecule has 0 unspecified atom stereocenters. The Kier molecular flexibility index (Phi) is 6.84. The number of nitrogens with zero attached hydrogens (tertiary/aromatic N) is 2. The maximum absolute atomic E-state index is 13.5. The van der Waals surface area contributed by atoms with Gasteiger partial charge < -0.3 is 19.2 Å². The van der Waals surface area contributed by atoms with E-state index in [1.807, 2.05) is 75.4 Å². The van der Waals surface area contributed by atoms with Crippen LogP contribution in [-0.4, -0.2) is 35.0 Å². The number of nitrogens with one attached hydrogen (secondary N) is 1. The lowest BCUT2D eigenvalue weighted by atomic mass is 9.71. The first-order valence-electron chi connectivity index (χ1n) is 12.9. The predicted octanol–water partition coefficient (Wildman–Crippen LogP) is 5.87. The zero-order valence-corrected chi connectivity index (χ0v) is 22.2. The summed E-state index contributed by atoms with van der Waals surface area (Å²) < 4.78 is 18.4. The minimum Gasteiger partial charge on any atom is -0.444 e. The van der Waals surface area contributed by atoms with E-state index >= 15 is 0 Å². The molecule has 1 aliphatic carbocycles. The summed E-state index contributed by atoms with van der Waals surface area (Å²) in [6.07, 6.45) is 3.80. The number of rotatable bonds is 7. The zero-order chi connectivity index (χ0) is 26.9. The molecule has 0 spiro atoms. The average molecular weight is 516 g/mol. The van der Waals surface area contributed by atoms with Gasteiger partial charge in [0.2, 0.25) is 5.71 Å². The molecule has 38 heavy (non-hydrogen) atoms. The van der Waals surface area contributed by atoms with Crippen molar-refractivity contribution in [2.45, 2.75) is 57.7 Å². The number of amides is 1. The van der Waals surface area contributed by atoms with E-state index in [0.717, 1.165) is 36.0 Å². The molecule has 0 aliphatic heterocycles. The molecule has 2 aromatic heterocycles. The minimum atomic E-state index is -0.565. The highest BCUT2D eigenvalue weighted by molar-refractivity contribution is 5.99. The molecule has 1 amide bonds. The van der Waals surface area contributed by atoms with Crippen LogP contribution in [0.5, 0.6) is 0 Å². The molecule has 0 atom stereocenters. The summed E-state index contributed by atoms with van der Waals surface area (Å²) in [5.74, 6) is 0.578. The van der Waals surface area contributed by atoms with Crippen molar-refractivity contribution in [3.8, 4) is 22.5 Å². The van der Waals surface area contributed by atoms with Crippen molar-refractivity contribution in [3.05, 3.63) is 76.8 Å². The second-order valence-electron chi connectivity index (χ2n) is 10.7. The van der Waals surface area contributed by atoms with Crippen LogP contribution in [0.25, 0.3) is 33.6 Å². The molecule has 5 rings (SSSR count). The SMILES string of the molecule is COCCn1cnc2oc(-c3ccc(C4(NC(=O)OC(C)(C)C)CCC4)cc3)c(-c3ccccc3)c2c1=O. The van der Waals surface area contributed by atoms with Crippen molar-refractivity contribution in [2.24, 2.45) is 0 Å². The number of hydrogen-bond donors (Lipinski definition) is 1. The van der Waals surface area contributed by atoms with Gasteiger partial charge in [0.15, 0.2) is 0 Å². The van der Waals surface area contributed by atoms with Crippen LogP contribution in [-0.2, 0) is 21.6 Å². The Bertz CT molecular complexity index is 1490. The first-order valence-corrected chi connectivity index (χ1v) is 12.9. The van der Waals surface area contributed by atoms with E-state index in [1.54, 1.807) is 11.7 Å². The lowest BCUT2D eigenvalue weighted by molar-refractivity contribution is 0.0377. The molecule has 1 aliphatic rings. The third-order valence-corrected chi connectivity index (χ3v) is 6.92. The van der Waals surface area contributed by atoms with E-state index in [9.17, 15) is 9.59 Å². The Balaban J connectivity index is 1.55. The summed E-state index contributed by atoms with van der Waals surface area (Å²) in [6.45, 7) is 6.36. The number of benzene rings is 2. The number of hydrogen-bond acceptors (Lipinski definition) is 6. The van der Waals surface area contributed by atoms with Gasteiger partial charge >= 0.3 is 6.09 Å². The average Bonchev–Trinajstić information content (AvgIpc) is 3.26. The molecular weight excluding hydrogens is 482 g/mol. The van der Waals surface area contributed by atoms with Crippen LogP contribution < -0.4 is 10.9 Å². The monoisotopic (exact) mass is 515 g/mol. The Morgan fingerprint density at radius 2 is 1.79 bits per heavy atom. The second-order valence-corrected chi connectivity index (χ2v) is 10.7. The van der Waals surface area contributed by atoms with Crippen molar-refractivity contribution < 1.29 is 18.7 Å². The Morgan fingerprint density at radius 3 is 2.39 bits per heavy atom. The molecule has 198 valence electrons. The first kappa shape index (κ1) is 25.7. The topological polar surface area (TPSA) is 95.6 Å². The van der Waals surface area contributed by atoms with Gasteiger partial charge in [-0.15, -0.1) is 0 Å². The molecule has 2 heterocycles. The van der Waals surface area contributed by atoms with E-state index in [0.29, 0.717) is 35.6 Å². The fraction of sp³-hybridized carbons (Fsp3) is 0.367. The molecule has 8 nitrogen and oxygen atoms in total. The largest absolute Gasteiger partial charge is 0.444 e. The fourth-order valence-corrected chi connectivity index (χ4v) is 4.91. The number of ether oxygens (including phenoxy) is 2. The summed E-state index contributed by atoms with van der Waals surface area (Å²) in [4.78, 5) is 30.5. The Hall–Kier alpha value is -3.91. The third-order valence-electron chi connectivity index (χ3n) is 6.92. The highest BCUT2D eigenvalue weighted by Gasteiger charge is 2.41. The van der Waals surface area contributed by atoms with Crippen LogP contribution in [0.15, 0.2) is 70.1 Å². The Labute approximate surface area is 221 Å². The third kappa shape index (κ3) is 4.96. The number of alkyl carbamates (subject to hydrolysis) is 1. The van der Waals surface area contributed by atoms with Gasteiger partial charge in [0.25, 0.3) is 5.56 Å². The van der Waals surface area contributed by atoms with Gasteiger partial charge in [-0.3, -0.25) is 9.36 Å². The van der Waals surface area contributed by atoms with Crippen LogP contribution in [0.3, 0.4) is 0 Å². The smallest absolute Gasteiger partial charge is 0.408 e. The van der Waals surface area contributed by atoms with Gasteiger partial charge in [-0.2, -0.15) is 0 Å². The van der Waals surface area contributed by atoms with Crippen LogP contribution in [0.4, 0.5) is 4.79 Å².